The Labute approximate surface area is 253 Å². The zero-order valence-electron chi connectivity index (χ0n) is 25.3. The van der Waals surface area contributed by atoms with Crippen molar-refractivity contribution in [2.75, 3.05) is 45.8 Å². The van der Waals surface area contributed by atoms with Gasteiger partial charge in [0.2, 0.25) is 11.8 Å². The molecule has 0 spiro atoms. The van der Waals surface area contributed by atoms with Gasteiger partial charge >= 0.3 is 0 Å². The van der Waals surface area contributed by atoms with Crippen LogP contribution in [0.1, 0.15) is 25.8 Å². The van der Waals surface area contributed by atoms with E-state index in [-0.39, 0.29) is 34.5 Å². The molecular weight excluding hydrogens is 574 g/mol. The third-order valence-corrected chi connectivity index (χ3v) is 8.56. The summed E-state index contributed by atoms with van der Waals surface area (Å²) in [4.78, 5) is 28.6. The van der Waals surface area contributed by atoms with Crippen LogP contribution in [-0.4, -0.2) is 72.7 Å². The molecule has 0 fully saturated rings. The minimum absolute atomic E-state index is 0.0794. The van der Waals surface area contributed by atoms with Gasteiger partial charge in [0, 0.05) is 25.2 Å². The van der Waals surface area contributed by atoms with Gasteiger partial charge in [-0.15, -0.1) is 0 Å². The number of carbonyl (C=O) groups excluding carboxylic acids is 2. The lowest BCUT2D eigenvalue weighted by Gasteiger charge is -2.33. The van der Waals surface area contributed by atoms with Gasteiger partial charge in [0.25, 0.3) is 10.0 Å². The van der Waals surface area contributed by atoms with E-state index in [0.29, 0.717) is 24.5 Å². The lowest BCUT2D eigenvalue weighted by atomic mass is 10.1. The summed E-state index contributed by atoms with van der Waals surface area (Å²) < 4.78 is 51.2. The number of anilines is 1. The number of carbonyl (C=O) groups is 2. The number of benzene rings is 3. The number of methoxy groups -OCH3 is 4. The summed E-state index contributed by atoms with van der Waals surface area (Å²) in [6, 6.07) is 17.2. The molecule has 3 aromatic carbocycles. The molecule has 1 N–H and O–H groups in total. The Balaban J connectivity index is 2.19. The maximum absolute atomic E-state index is 14.3. The molecule has 0 aliphatic carbocycles. The summed E-state index contributed by atoms with van der Waals surface area (Å²) in [5.74, 6) is 0.164. The van der Waals surface area contributed by atoms with Crippen LogP contribution in [0.25, 0.3) is 0 Å². The Kier molecular flexibility index (Phi) is 11.6. The van der Waals surface area contributed by atoms with Crippen LogP contribution in [0.2, 0.25) is 0 Å². The first-order chi connectivity index (χ1) is 20.6. The van der Waals surface area contributed by atoms with Crippen molar-refractivity contribution in [1.82, 2.24) is 10.2 Å². The average Bonchev–Trinajstić information content (AvgIpc) is 3.03. The van der Waals surface area contributed by atoms with Crippen molar-refractivity contribution >= 4 is 27.5 Å². The van der Waals surface area contributed by atoms with Crippen molar-refractivity contribution in [3.63, 3.8) is 0 Å². The fourth-order valence-electron chi connectivity index (χ4n) is 4.60. The average molecular weight is 614 g/mol. The van der Waals surface area contributed by atoms with Crippen LogP contribution in [0.15, 0.2) is 71.6 Å². The Hall–Kier alpha value is -4.45. The highest BCUT2D eigenvalue weighted by Gasteiger charge is 2.35. The van der Waals surface area contributed by atoms with Crippen molar-refractivity contribution < 1.29 is 37.0 Å². The third-order valence-electron chi connectivity index (χ3n) is 6.81. The topological polar surface area (TPSA) is 124 Å². The molecule has 0 radical (unpaired) electrons. The molecule has 0 saturated carbocycles. The van der Waals surface area contributed by atoms with E-state index in [2.05, 4.69) is 5.32 Å². The normalized spacial score (nSPS) is 11.7. The Bertz CT molecular complexity index is 1500. The minimum Gasteiger partial charge on any atom is -0.497 e. The summed E-state index contributed by atoms with van der Waals surface area (Å²) in [7, 11) is 1.27. The summed E-state index contributed by atoms with van der Waals surface area (Å²) >= 11 is 0. The predicted octanol–water partition coefficient (Wildman–Crippen LogP) is 3.86. The van der Waals surface area contributed by atoms with E-state index in [9.17, 15) is 18.0 Å². The van der Waals surface area contributed by atoms with Crippen LogP contribution in [0.4, 0.5) is 5.69 Å². The minimum atomic E-state index is -4.42. The van der Waals surface area contributed by atoms with Crippen LogP contribution in [0.3, 0.4) is 0 Å². The maximum atomic E-state index is 14.3. The molecule has 0 bridgehead atoms. The molecule has 43 heavy (non-hydrogen) atoms. The highest BCUT2D eigenvalue weighted by Crippen LogP contribution is 2.37. The van der Waals surface area contributed by atoms with Gasteiger partial charge < -0.3 is 29.2 Å². The molecule has 3 rings (SSSR count). The molecule has 12 heteroatoms. The second-order valence-corrected chi connectivity index (χ2v) is 11.3. The number of amides is 2. The summed E-state index contributed by atoms with van der Waals surface area (Å²) in [6.45, 7) is 3.43. The smallest absolute Gasteiger partial charge is 0.265 e. The van der Waals surface area contributed by atoms with Crippen molar-refractivity contribution in [3.05, 3.63) is 72.3 Å². The van der Waals surface area contributed by atoms with Gasteiger partial charge in [0.1, 0.15) is 24.1 Å². The Morgan fingerprint density at radius 2 is 1.47 bits per heavy atom. The van der Waals surface area contributed by atoms with Crippen LogP contribution in [0.5, 0.6) is 23.0 Å². The molecule has 0 aliphatic heterocycles. The van der Waals surface area contributed by atoms with Crippen LogP contribution in [0, 0.1) is 0 Å². The molecule has 0 aromatic heterocycles. The van der Waals surface area contributed by atoms with E-state index in [4.69, 9.17) is 18.9 Å². The predicted molar refractivity (Wildman–Crippen MR) is 163 cm³/mol. The third kappa shape index (κ3) is 7.69. The number of hydrogen-bond acceptors (Lipinski definition) is 8. The molecule has 0 saturated heterocycles. The van der Waals surface area contributed by atoms with Gasteiger partial charge in [-0.05, 0) is 43.2 Å². The molecule has 11 nitrogen and oxygen atoms in total. The van der Waals surface area contributed by atoms with Gasteiger partial charge in [-0.25, -0.2) is 8.42 Å². The Morgan fingerprint density at radius 3 is 2.05 bits per heavy atom. The molecular formula is C31H39N3O8S. The molecule has 3 aromatic rings. The van der Waals surface area contributed by atoms with E-state index in [1.165, 1.54) is 57.6 Å². The van der Waals surface area contributed by atoms with Gasteiger partial charge in [0.15, 0.2) is 11.5 Å². The number of sulfonamides is 1. The summed E-state index contributed by atoms with van der Waals surface area (Å²) in [6.07, 6.45) is 0.315. The largest absolute Gasteiger partial charge is 0.497 e. The maximum Gasteiger partial charge on any atom is 0.265 e. The molecule has 232 valence electrons. The van der Waals surface area contributed by atoms with E-state index in [1.807, 2.05) is 30.3 Å². The van der Waals surface area contributed by atoms with Gasteiger partial charge in [-0.1, -0.05) is 37.3 Å². The Morgan fingerprint density at radius 1 is 0.814 bits per heavy atom. The molecule has 1 atom stereocenters. The quantitative estimate of drug-likeness (QED) is 0.274. The highest BCUT2D eigenvalue weighted by molar-refractivity contribution is 7.92. The fraction of sp³-hybridized carbons (Fsp3) is 0.355. The van der Waals surface area contributed by atoms with Gasteiger partial charge in [0.05, 0.1) is 39.0 Å². The number of nitrogens with zero attached hydrogens (tertiary/aromatic N) is 2. The van der Waals surface area contributed by atoms with Crippen molar-refractivity contribution in [2.45, 2.75) is 37.8 Å². The number of likely N-dealkylation sites (N-methyl/N-ethyl adjacent to an activating group) is 1. The highest BCUT2D eigenvalue weighted by atomic mass is 32.2. The van der Waals surface area contributed by atoms with Gasteiger partial charge in [-0.3, -0.25) is 13.9 Å². The van der Waals surface area contributed by atoms with Crippen LogP contribution >= 0.6 is 0 Å². The summed E-state index contributed by atoms with van der Waals surface area (Å²) in [5.41, 5.74) is 0.863. The van der Waals surface area contributed by atoms with E-state index in [1.54, 1.807) is 26.0 Å². The lowest BCUT2D eigenvalue weighted by molar-refractivity contribution is -0.140. The standard InChI is InChI=1S/C31H39N3O8S/c1-7-25(31(36)32-8-2)33(20-22-12-10-9-11-13-22)30(35)21-34(26-18-23(39-3)14-16-27(26)40-4)43(37,38)24-15-17-28(41-5)29(19-24)42-6/h9-19,25H,7-8,20-21H2,1-6H3,(H,32,36)/t25-/m0/s1. The first kappa shape index (κ1) is 33.1. The first-order valence-electron chi connectivity index (χ1n) is 13.7. The van der Waals surface area contributed by atoms with Crippen molar-refractivity contribution in [2.24, 2.45) is 0 Å². The zero-order valence-corrected chi connectivity index (χ0v) is 26.1. The SMILES string of the molecule is CCNC(=O)[C@H](CC)N(Cc1ccccc1)C(=O)CN(c1cc(OC)ccc1OC)S(=O)(=O)c1ccc(OC)c(OC)c1. The molecule has 0 aliphatic rings. The molecule has 0 heterocycles. The second kappa shape index (κ2) is 15.1. The van der Waals surface area contributed by atoms with Gasteiger partial charge in [-0.2, -0.15) is 0 Å². The van der Waals surface area contributed by atoms with Crippen LogP contribution < -0.4 is 28.6 Å². The van der Waals surface area contributed by atoms with E-state index < -0.39 is 28.5 Å². The van der Waals surface area contributed by atoms with Crippen LogP contribution in [-0.2, 0) is 26.2 Å². The lowest BCUT2D eigenvalue weighted by Crippen LogP contribution is -2.52. The fourth-order valence-corrected chi connectivity index (χ4v) is 6.03. The van der Waals surface area contributed by atoms with Crippen molar-refractivity contribution in [1.29, 1.82) is 0 Å². The van der Waals surface area contributed by atoms with E-state index in [0.717, 1.165) is 9.87 Å². The zero-order chi connectivity index (χ0) is 31.6. The number of ether oxygens (including phenoxy) is 4. The number of hydrogen-bond donors (Lipinski definition) is 1. The monoisotopic (exact) mass is 613 g/mol. The number of nitrogens with one attached hydrogen (secondary N) is 1. The molecule has 2 amide bonds. The second-order valence-electron chi connectivity index (χ2n) is 9.39. The summed E-state index contributed by atoms with van der Waals surface area (Å²) in [5, 5.41) is 2.79. The molecule has 0 unspecified atom stereocenters. The van der Waals surface area contributed by atoms with E-state index >= 15 is 0 Å². The first-order valence-corrected chi connectivity index (χ1v) is 15.2. The number of rotatable bonds is 15. The van der Waals surface area contributed by atoms with Crippen molar-refractivity contribution in [3.8, 4) is 23.0 Å².